The van der Waals surface area contributed by atoms with E-state index in [2.05, 4.69) is 62.4 Å². The van der Waals surface area contributed by atoms with Crippen molar-refractivity contribution in [3.63, 3.8) is 0 Å². The summed E-state index contributed by atoms with van der Waals surface area (Å²) in [5, 5.41) is 11.4. The maximum atomic E-state index is 4.76. The SMILES string of the molecule is CCNC(=NCCCCCCCN(C)C)NC(C)Cc1c(C)nn(C)c1C. The Morgan fingerprint density at radius 3 is 2.41 bits per heavy atom. The first kappa shape index (κ1) is 23.5. The third kappa shape index (κ3) is 9.27. The second-order valence-corrected chi connectivity index (χ2v) is 7.85. The first-order chi connectivity index (χ1) is 12.8. The number of aryl methyl sites for hydroxylation is 2. The van der Waals surface area contributed by atoms with Gasteiger partial charge >= 0.3 is 0 Å². The van der Waals surface area contributed by atoms with E-state index in [1.54, 1.807) is 0 Å². The van der Waals surface area contributed by atoms with Crippen LogP contribution in [0.1, 0.15) is 62.9 Å². The Balaban J connectivity index is 2.37. The Hall–Kier alpha value is -1.56. The van der Waals surface area contributed by atoms with Gasteiger partial charge < -0.3 is 15.5 Å². The molecular weight excluding hydrogens is 336 g/mol. The molecule has 1 atom stereocenters. The lowest BCUT2D eigenvalue weighted by molar-refractivity contribution is 0.390. The average molecular weight is 379 g/mol. The van der Waals surface area contributed by atoms with Gasteiger partial charge in [-0.2, -0.15) is 5.10 Å². The molecule has 6 nitrogen and oxygen atoms in total. The van der Waals surface area contributed by atoms with Gasteiger partial charge in [0.15, 0.2) is 5.96 Å². The zero-order valence-corrected chi connectivity index (χ0v) is 18.7. The topological polar surface area (TPSA) is 57.5 Å². The molecule has 0 aliphatic rings. The van der Waals surface area contributed by atoms with Gasteiger partial charge in [-0.15, -0.1) is 0 Å². The van der Waals surface area contributed by atoms with Gasteiger partial charge in [-0.3, -0.25) is 9.67 Å². The summed E-state index contributed by atoms with van der Waals surface area (Å²) >= 11 is 0. The summed E-state index contributed by atoms with van der Waals surface area (Å²) in [6, 6.07) is 0.315. The number of hydrogen-bond donors (Lipinski definition) is 2. The fraction of sp³-hybridized carbons (Fsp3) is 0.810. The normalized spacial score (nSPS) is 13.3. The molecule has 1 unspecified atom stereocenters. The van der Waals surface area contributed by atoms with E-state index in [1.165, 1.54) is 43.5 Å². The van der Waals surface area contributed by atoms with Crippen molar-refractivity contribution >= 4 is 5.96 Å². The maximum Gasteiger partial charge on any atom is 0.191 e. The summed E-state index contributed by atoms with van der Waals surface area (Å²) in [6.07, 6.45) is 7.31. The number of nitrogens with zero attached hydrogens (tertiary/aromatic N) is 4. The van der Waals surface area contributed by atoms with Gasteiger partial charge in [0.05, 0.1) is 5.69 Å². The van der Waals surface area contributed by atoms with Crippen LogP contribution in [0.2, 0.25) is 0 Å². The summed E-state index contributed by atoms with van der Waals surface area (Å²) in [6.45, 7) is 11.5. The highest BCUT2D eigenvalue weighted by atomic mass is 15.3. The van der Waals surface area contributed by atoms with E-state index in [0.717, 1.165) is 37.6 Å². The summed E-state index contributed by atoms with van der Waals surface area (Å²) in [7, 11) is 6.29. The Labute approximate surface area is 166 Å². The smallest absolute Gasteiger partial charge is 0.191 e. The highest BCUT2D eigenvalue weighted by molar-refractivity contribution is 5.80. The molecular formula is C21H42N6. The molecule has 0 bridgehead atoms. The zero-order chi connectivity index (χ0) is 20.2. The van der Waals surface area contributed by atoms with Crippen LogP contribution in [-0.4, -0.2) is 60.4 Å². The third-order valence-corrected chi connectivity index (χ3v) is 4.93. The predicted molar refractivity (Wildman–Crippen MR) is 117 cm³/mol. The van der Waals surface area contributed by atoms with Gasteiger partial charge in [-0.25, -0.2) is 0 Å². The quantitative estimate of drug-likeness (QED) is 0.333. The van der Waals surface area contributed by atoms with Crippen LogP contribution < -0.4 is 10.6 Å². The van der Waals surface area contributed by atoms with E-state index < -0.39 is 0 Å². The lowest BCUT2D eigenvalue weighted by Gasteiger charge is -2.18. The summed E-state index contributed by atoms with van der Waals surface area (Å²) in [5.41, 5.74) is 3.71. The molecule has 6 heteroatoms. The van der Waals surface area contributed by atoms with Crippen molar-refractivity contribution in [3.05, 3.63) is 17.0 Å². The monoisotopic (exact) mass is 378 g/mol. The molecule has 0 saturated heterocycles. The molecule has 1 heterocycles. The van der Waals surface area contributed by atoms with Crippen LogP contribution in [0.5, 0.6) is 0 Å². The molecule has 27 heavy (non-hydrogen) atoms. The largest absolute Gasteiger partial charge is 0.357 e. The van der Waals surface area contributed by atoms with Gasteiger partial charge in [0, 0.05) is 31.9 Å². The molecule has 1 aromatic heterocycles. The molecule has 0 aliphatic carbocycles. The number of hydrogen-bond acceptors (Lipinski definition) is 3. The lowest BCUT2D eigenvalue weighted by Crippen LogP contribution is -2.43. The predicted octanol–water partition coefficient (Wildman–Crippen LogP) is 3.04. The molecule has 0 saturated carbocycles. The zero-order valence-electron chi connectivity index (χ0n) is 18.7. The lowest BCUT2D eigenvalue weighted by atomic mass is 10.1. The first-order valence-electron chi connectivity index (χ1n) is 10.5. The average Bonchev–Trinajstić information content (AvgIpc) is 2.83. The molecule has 0 spiro atoms. The van der Waals surface area contributed by atoms with Gasteiger partial charge in [0.2, 0.25) is 0 Å². The minimum Gasteiger partial charge on any atom is -0.357 e. The number of aliphatic imine (C=N–C) groups is 1. The summed E-state index contributed by atoms with van der Waals surface area (Å²) in [5.74, 6) is 0.928. The van der Waals surface area contributed by atoms with Gasteiger partial charge in [-0.05, 0) is 73.2 Å². The second-order valence-electron chi connectivity index (χ2n) is 7.85. The van der Waals surface area contributed by atoms with Gasteiger partial charge in [-0.1, -0.05) is 19.3 Å². The van der Waals surface area contributed by atoms with Crippen molar-refractivity contribution < 1.29 is 0 Å². The van der Waals surface area contributed by atoms with Crippen molar-refractivity contribution in [2.24, 2.45) is 12.0 Å². The van der Waals surface area contributed by atoms with Crippen LogP contribution in [0.15, 0.2) is 4.99 Å². The molecule has 0 fully saturated rings. The number of nitrogens with one attached hydrogen (secondary N) is 2. The highest BCUT2D eigenvalue weighted by Crippen LogP contribution is 2.14. The number of guanidine groups is 1. The Morgan fingerprint density at radius 1 is 1.15 bits per heavy atom. The van der Waals surface area contributed by atoms with E-state index in [9.17, 15) is 0 Å². The van der Waals surface area contributed by atoms with Gasteiger partial charge in [0.25, 0.3) is 0 Å². The number of aromatic nitrogens is 2. The van der Waals surface area contributed by atoms with Gasteiger partial charge in [0.1, 0.15) is 0 Å². The van der Waals surface area contributed by atoms with Crippen molar-refractivity contribution in [1.29, 1.82) is 0 Å². The third-order valence-electron chi connectivity index (χ3n) is 4.93. The first-order valence-corrected chi connectivity index (χ1v) is 10.5. The van der Waals surface area contributed by atoms with Crippen LogP contribution in [0.3, 0.4) is 0 Å². The Bertz CT molecular complexity index is 561. The van der Waals surface area contributed by atoms with Crippen LogP contribution >= 0.6 is 0 Å². The van der Waals surface area contributed by atoms with E-state index in [4.69, 9.17) is 4.99 Å². The van der Waals surface area contributed by atoms with Crippen molar-refractivity contribution in [3.8, 4) is 0 Å². The van der Waals surface area contributed by atoms with Crippen LogP contribution in [0.25, 0.3) is 0 Å². The van der Waals surface area contributed by atoms with E-state index >= 15 is 0 Å². The fourth-order valence-electron chi connectivity index (χ4n) is 3.28. The van der Waals surface area contributed by atoms with Crippen LogP contribution in [0.4, 0.5) is 0 Å². The van der Waals surface area contributed by atoms with Crippen molar-refractivity contribution in [1.82, 2.24) is 25.3 Å². The molecule has 1 aromatic rings. The molecule has 2 N–H and O–H groups in total. The molecule has 0 amide bonds. The minimum atomic E-state index is 0.315. The Morgan fingerprint density at radius 2 is 1.81 bits per heavy atom. The second kappa shape index (κ2) is 12.8. The fourth-order valence-corrected chi connectivity index (χ4v) is 3.28. The Kier molecular flexibility index (Phi) is 11.1. The highest BCUT2D eigenvalue weighted by Gasteiger charge is 2.13. The van der Waals surface area contributed by atoms with Crippen molar-refractivity contribution in [2.45, 2.75) is 72.3 Å². The number of unbranched alkanes of at least 4 members (excludes halogenated alkanes) is 4. The van der Waals surface area contributed by atoms with E-state index in [0.29, 0.717) is 6.04 Å². The molecule has 0 aliphatic heterocycles. The van der Waals surface area contributed by atoms with Crippen LogP contribution in [-0.2, 0) is 13.5 Å². The van der Waals surface area contributed by atoms with Crippen molar-refractivity contribution in [2.75, 3.05) is 33.7 Å². The molecule has 0 aromatic carbocycles. The van der Waals surface area contributed by atoms with Crippen LogP contribution in [0, 0.1) is 13.8 Å². The minimum absolute atomic E-state index is 0.315. The number of rotatable bonds is 12. The summed E-state index contributed by atoms with van der Waals surface area (Å²) < 4.78 is 1.97. The molecule has 0 radical (unpaired) electrons. The van der Waals surface area contributed by atoms with E-state index in [-0.39, 0.29) is 0 Å². The molecule has 156 valence electrons. The summed E-state index contributed by atoms with van der Waals surface area (Å²) in [4.78, 5) is 7.01. The maximum absolute atomic E-state index is 4.76. The molecule has 1 rings (SSSR count). The van der Waals surface area contributed by atoms with E-state index in [1.807, 2.05) is 11.7 Å². The standard InChI is InChI=1S/C21H42N6/c1-8-22-21(23-14-12-10-9-11-13-15-26(5)6)24-17(2)16-20-18(3)25-27(7)19(20)4/h17H,8-16H2,1-7H3,(H2,22,23,24).